The van der Waals surface area contributed by atoms with E-state index in [9.17, 15) is 9.90 Å². The Morgan fingerprint density at radius 1 is 1.44 bits per heavy atom. The van der Waals surface area contributed by atoms with Crippen molar-refractivity contribution in [3.8, 4) is 0 Å². The highest BCUT2D eigenvalue weighted by atomic mass is 16.3. The molecule has 5 heteroatoms. The Hall–Kier alpha value is -1.36. The fourth-order valence-electron chi connectivity index (χ4n) is 2.06. The quantitative estimate of drug-likeness (QED) is 0.780. The summed E-state index contributed by atoms with van der Waals surface area (Å²) in [5.74, 6) is 0.423. The highest BCUT2D eigenvalue weighted by molar-refractivity contribution is 5.33. The zero-order valence-electron chi connectivity index (χ0n) is 8.97. The molecule has 16 heavy (non-hydrogen) atoms. The molecule has 3 rings (SSSR count). The summed E-state index contributed by atoms with van der Waals surface area (Å²) in [4.78, 5) is 16.1. The van der Waals surface area contributed by atoms with Gasteiger partial charge in [0.25, 0.3) is 5.56 Å². The molecule has 1 heterocycles. The van der Waals surface area contributed by atoms with Crippen LogP contribution in [-0.2, 0) is 0 Å². The van der Waals surface area contributed by atoms with Crippen LogP contribution in [0.15, 0.2) is 17.2 Å². The van der Waals surface area contributed by atoms with Gasteiger partial charge in [-0.1, -0.05) is 0 Å². The van der Waals surface area contributed by atoms with Gasteiger partial charge in [0, 0.05) is 24.5 Å². The summed E-state index contributed by atoms with van der Waals surface area (Å²) in [6.07, 6.45) is 6.79. The zero-order valence-corrected chi connectivity index (χ0v) is 8.97. The first-order chi connectivity index (χ1) is 7.74. The van der Waals surface area contributed by atoms with Gasteiger partial charge in [-0.15, -0.1) is 0 Å². The van der Waals surface area contributed by atoms with Gasteiger partial charge in [-0.3, -0.25) is 4.79 Å². The van der Waals surface area contributed by atoms with Gasteiger partial charge in [-0.05, 0) is 25.7 Å². The molecule has 2 fully saturated rings. The van der Waals surface area contributed by atoms with Crippen molar-refractivity contribution < 1.29 is 5.11 Å². The molecule has 0 spiro atoms. The van der Waals surface area contributed by atoms with Crippen LogP contribution >= 0.6 is 0 Å². The second-order valence-electron chi connectivity index (χ2n) is 4.69. The van der Waals surface area contributed by atoms with Gasteiger partial charge < -0.3 is 15.0 Å². The molecule has 86 valence electrons. The Labute approximate surface area is 93.1 Å². The van der Waals surface area contributed by atoms with Crippen LogP contribution in [0.1, 0.15) is 31.7 Å². The number of anilines is 1. The van der Waals surface area contributed by atoms with Gasteiger partial charge in [0.1, 0.15) is 0 Å². The summed E-state index contributed by atoms with van der Waals surface area (Å²) < 4.78 is 1.75. The van der Waals surface area contributed by atoms with Crippen LogP contribution in [0.5, 0.6) is 0 Å². The lowest BCUT2D eigenvalue weighted by atomic mass is 9.90. The van der Waals surface area contributed by atoms with Gasteiger partial charge in [-0.25, -0.2) is 4.98 Å². The van der Waals surface area contributed by atoms with Crippen molar-refractivity contribution in [1.82, 2.24) is 9.55 Å². The topological polar surface area (TPSA) is 67.2 Å². The molecular formula is C11H15N3O2. The summed E-state index contributed by atoms with van der Waals surface area (Å²) in [5, 5.41) is 12.3. The number of aliphatic hydroxyl groups excluding tert-OH is 1. The first kappa shape index (κ1) is 9.84. The Morgan fingerprint density at radius 3 is 2.81 bits per heavy atom. The van der Waals surface area contributed by atoms with Crippen LogP contribution in [0, 0.1) is 0 Å². The molecule has 0 amide bonds. The predicted molar refractivity (Wildman–Crippen MR) is 59.4 cm³/mol. The predicted octanol–water partition coefficient (Wildman–Crippen LogP) is 0.513. The van der Waals surface area contributed by atoms with Gasteiger partial charge in [0.2, 0.25) is 0 Å². The third-order valence-corrected chi connectivity index (χ3v) is 3.26. The average Bonchev–Trinajstić information content (AvgIpc) is 3.02. The lowest BCUT2D eigenvalue weighted by molar-refractivity contribution is 0.0835. The highest BCUT2D eigenvalue weighted by Crippen LogP contribution is 2.33. The number of nitrogens with one attached hydrogen (secondary N) is 1. The monoisotopic (exact) mass is 221 g/mol. The van der Waals surface area contributed by atoms with Crippen molar-refractivity contribution in [2.45, 2.75) is 43.9 Å². The van der Waals surface area contributed by atoms with E-state index < -0.39 is 0 Å². The van der Waals surface area contributed by atoms with Crippen molar-refractivity contribution in [1.29, 1.82) is 0 Å². The second-order valence-corrected chi connectivity index (χ2v) is 4.69. The fourth-order valence-corrected chi connectivity index (χ4v) is 2.06. The molecule has 0 radical (unpaired) electrons. The number of aliphatic hydroxyl groups is 1. The number of nitrogens with zero attached hydrogens (tertiary/aromatic N) is 2. The molecule has 1 aromatic heterocycles. The molecule has 0 aromatic carbocycles. The molecule has 2 aliphatic rings. The van der Waals surface area contributed by atoms with Crippen LogP contribution < -0.4 is 10.9 Å². The Kier molecular flexibility index (Phi) is 2.21. The Morgan fingerprint density at radius 2 is 2.19 bits per heavy atom. The average molecular weight is 221 g/mol. The standard InChI is InChI=1S/C11H15N3O2/c15-9-5-7(6-9)13-10-11(16)14(4-3-12-10)8-1-2-8/h3-4,7-9,15H,1-2,5-6H2,(H,12,13). The van der Waals surface area contributed by atoms with Crippen LogP contribution in [0.25, 0.3) is 0 Å². The highest BCUT2D eigenvalue weighted by Gasteiger charge is 2.29. The molecule has 5 nitrogen and oxygen atoms in total. The molecule has 2 saturated carbocycles. The van der Waals surface area contributed by atoms with E-state index in [1.165, 1.54) is 0 Å². The van der Waals surface area contributed by atoms with Crippen LogP contribution in [0.4, 0.5) is 5.82 Å². The molecule has 0 aliphatic heterocycles. The molecule has 1 aromatic rings. The molecule has 0 atom stereocenters. The van der Waals surface area contributed by atoms with Crippen LogP contribution in [0.3, 0.4) is 0 Å². The van der Waals surface area contributed by atoms with Gasteiger partial charge in [0.15, 0.2) is 5.82 Å². The van der Waals surface area contributed by atoms with E-state index in [4.69, 9.17) is 0 Å². The third-order valence-electron chi connectivity index (χ3n) is 3.26. The summed E-state index contributed by atoms with van der Waals surface area (Å²) in [6.45, 7) is 0. The van der Waals surface area contributed by atoms with E-state index in [2.05, 4.69) is 10.3 Å². The summed E-state index contributed by atoms with van der Waals surface area (Å²) in [5.41, 5.74) is -0.0358. The van der Waals surface area contributed by atoms with E-state index in [0.29, 0.717) is 24.7 Å². The van der Waals surface area contributed by atoms with Gasteiger partial charge >= 0.3 is 0 Å². The molecule has 2 N–H and O–H groups in total. The van der Waals surface area contributed by atoms with E-state index in [-0.39, 0.29) is 17.7 Å². The first-order valence-electron chi connectivity index (χ1n) is 5.76. The van der Waals surface area contributed by atoms with Crippen molar-refractivity contribution in [3.05, 3.63) is 22.7 Å². The fraction of sp³-hybridized carbons (Fsp3) is 0.636. The van der Waals surface area contributed by atoms with E-state index in [1.807, 2.05) is 0 Å². The molecule has 0 bridgehead atoms. The van der Waals surface area contributed by atoms with E-state index in [1.54, 1.807) is 17.0 Å². The van der Waals surface area contributed by atoms with Gasteiger partial charge in [0.05, 0.1) is 6.10 Å². The van der Waals surface area contributed by atoms with Crippen molar-refractivity contribution in [2.75, 3.05) is 5.32 Å². The maximum Gasteiger partial charge on any atom is 0.293 e. The van der Waals surface area contributed by atoms with Crippen molar-refractivity contribution >= 4 is 5.82 Å². The first-order valence-corrected chi connectivity index (χ1v) is 5.76. The van der Waals surface area contributed by atoms with E-state index in [0.717, 1.165) is 12.8 Å². The number of rotatable bonds is 3. The second kappa shape index (κ2) is 3.59. The van der Waals surface area contributed by atoms with Crippen molar-refractivity contribution in [2.24, 2.45) is 0 Å². The summed E-state index contributed by atoms with van der Waals surface area (Å²) >= 11 is 0. The van der Waals surface area contributed by atoms with Crippen LogP contribution in [-0.4, -0.2) is 26.8 Å². The SMILES string of the molecule is O=c1c(NC2CC(O)C2)nccn1C1CC1. The lowest BCUT2D eigenvalue weighted by Gasteiger charge is -2.32. The molecule has 0 unspecified atom stereocenters. The zero-order chi connectivity index (χ0) is 11.1. The summed E-state index contributed by atoms with van der Waals surface area (Å²) in [6, 6.07) is 0.577. The number of aromatic nitrogens is 2. The number of hydrogen-bond donors (Lipinski definition) is 2. The molecule has 0 saturated heterocycles. The normalized spacial score (nSPS) is 28.6. The Balaban J connectivity index is 1.78. The number of hydrogen-bond acceptors (Lipinski definition) is 4. The molecular weight excluding hydrogens is 206 g/mol. The minimum atomic E-state index is -0.216. The summed E-state index contributed by atoms with van der Waals surface area (Å²) in [7, 11) is 0. The third kappa shape index (κ3) is 1.71. The minimum absolute atomic E-state index is 0.0358. The van der Waals surface area contributed by atoms with Gasteiger partial charge in [-0.2, -0.15) is 0 Å². The smallest absolute Gasteiger partial charge is 0.293 e. The van der Waals surface area contributed by atoms with E-state index >= 15 is 0 Å². The maximum absolute atomic E-state index is 12.0. The largest absolute Gasteiger partial charge is 0.393 e. The lowest BCUT2D eigenvalue weighted by Crippen LogP contribution is -2.41. The Bertz CT molecular complexity index is 447. The maximum atomic E-state index is 12.0. The molecule has 2 aliphatic carbocycles. The van der Waals surface area contributed by atoms with Crippen molar-refractivity contribution in [3.63, 3.8) is 0 Å². The minimum Gasteiger partial charge on any atom is -0.393 e. The van der Waals surface area contributed by atoms with Crippen LogP contribution in [0.2, 0.25) is 0 Å².